The molecular formula is C21H14F3N3O3. The number of carbonyl (C=O) groups excluding carboxylic acids is 1. The number of halogens is 3. The first kappa shape index (κ1) is 18.4. The minimum absolute atomic E-state index is 0.0403. The van der Waals surface area contributed by atoms with Crippen molar-refractivity contribution in [2.75, 3.05) is 12.4 Å². The molecule has 0 fully saturated rings. The quantitative estimate of drug-likeness (QED) is 0.505. The SMILES string of the molecule is COc1ccc(NC(=O)c2c(-c3cccc(C(F)(F)F)n3)c3oc2c2c3[C@H]2C)cn1. The molecule has 1 aliphatic carbocycles. The third kappa shape index (κ3) is 2.69. The molecule has 1 N–H and O–H groups in total. The van der Waals surface area contributed by atoms with Crippen molar-refractivity contribution in [1.82, 2.24) is 9.97 Å². The van der Waals surface area contributed by atoms with Crippen LogP contribution in [0, 0.1) is 0 Å². The van der Waals surface area contributed by atoms with Crippen molar-refractivity contribution in [3.8, 4) is 17.1 Å². The third-order valence-electron chi connectivity index (χ3n) is 5.20. The average molecular weight is 413 g/mol. The number of ether oxygens (including phenoxy) is 1. The zero-order valence-corrected chi connectivity index (χ0v) is 15.8. The van der Waals surface area contributed by atoms with Crippen molar-refractivity contribution >= 4 is 22.8 Å². The van der Waals surface area contributed by atoms with Crippen molar-refractivity contribution < 1.29 is 27.1 Å². The second-order valence-electron chi connectivity index (χ2n) is 7.01. The molecule has 0 unspecified atom stereocenters. The number of carbonyl (C=O) groups is 1. The van der Waals surface area contributed by atoms with Crippen LogP contribution in [0.4, 0.5) is 18.9 Å². The molecule has 4 aromatic heterocycles. The monoisotopic (exact) mass is 413 g/mol. The number of hydrogen-bond donors (Lipinski definition) is 1. The van der Waals surface area contributed by atoms with Crippen LogP contribution in [0.5, 0.6) is 5.88 Å². The van der Waals surface area contributed by atoms with Crippen LogP contribution in [0.25, 0.3) is 22.4 Å². The molecule has 30 heavy (non-hydrogen) atoms. The summed E-state index contributed by atoms with van der Waals surface area (Å²) < 4.78 is 50.3. The van der Waals surface area contributed by atoms with E-state index < -0.39 is 17.8 Å². The first-order chi connectivity index (χ1) is 14.3. The summed E-state index contributed by atoms with van der Waals surface area (Å²) in [6, 6.07) is 6.80. The van der Waals surface area contributed by atoms with Crippen LogP contribution < -0.4 is 10.1 Å². The van der Waals surface area contributed by atoms with Gasteiger partial charge in [0.1, 0.15) is 16.9 Å². The van der Waals surface area contributed by atoms with E-state index in [0.717, 1.165) is 17.2 Å². The smallest absolute Gasteiger partial charge is 0.433 e. The zero-order chi connectivity index (χ0) is 21.2. The number of fused-ring (bicyclic) bond motifs is 5. The lowest BCUT2D eigenvalue weighted by molar-refractivity contribution is -0.141. The van der Waals surface area contributed by atoms with Crippen LogP contribution in [0.1, 0.15) is 40.0 Å². The third-order valence-corrected chi connectivity index (χ3v) is 5.20. The molecule has 0 saturated carbocycles. The maximum Gasteiger partial charge on any atom is 0.433 e. The van der Waals surface area contributed by atoms with Crippen LogP contribution in [-0.2, 0) is 6.18 Å². The van der Waals surface area contributed by atoms with Gasteiger partial charge >= 0.3 is 6.18 Å². The molecule has 0 aromatic carbocycles. The Bertz CT molecular complexity index is 1280. The van der Waals surface area contributed by atoms with Crippen LogP contribution >= 0.6 is 0 Å². The molecule has 152 valence electrons. The number of alkyl halides is 3. The fourth-order valence-corrected chi connectivity index (χ4v) is 3.75. The van der Waals surface area contributed by atoms with E-state index in [4.69, 9.17) is 9.15 Å². The first-order valence-corrected chi connectivity index (χ1v) is 9.07. The number of furan rings is 2. The minimum atomic E-state index is -4.60. The molecule has 1 atom stereocenters. The molecule has 0 spiro atoms. The van der Waals surface area contributed by atoms with Gasteiger partial charge in [-0.3, -0.25) is 4.79 Å². The number of aromatic nitrogens is 2. The topological polar surface area (TPSA) is 77.2 Å². The van der Waals surface area contributed by atoms with E-state index >= 15 is 0 Å². The number of benzene rings is 1. The van der Waals surface area contributed by atoms with Gasteiger partial charge < -0.3 is 14.5 Å². The maximum atomic E-state index is 13.2. The normalized spacial score (nSPS) is 15.3. The van der Waals surface area contributed by atoms with Crippen LogP contribution in [0.3, 0.4) is 0 Å². The Kier molecular flexibility index (Phi) is 3.80. The number of nitrogens with one attached hydrogen (secondary N) is 1. The molecule has 6 nitrogen and oxygen atoms in total. The standard InChI is InChI=1S/C21H14F3N3O3/c1-9-14-15(9)19-17(20(28)26-10-6-7-13(29-2)25-8-10)16(18(14)30-19)11-4-3-5-12(27-11)21(22,23)24/h3-9H,1-2H3,(H,26,28)/t9-/m1/s1. The van der Waals surface area contributed by atoms with Gasteiger partial charge in [0.2, 0.25) is 5.88 Å². The molecule has 4 heterocycles. The zero-order valence-electron chi connectivity index (χ0n) is 15.8. The lowest BCUT2D eigenvalue weighted by Gasteiger charge is -2.10. The summed E-state index contributed by atoms with van der Waals surface area (Å²) in [4.78, 5) is 20.9. The highest BCUT2D eigenvalue weighted by Gasteiger charge is 2.44. The fraction of sp³-hybridized carbons (Fsp3) is 0.190. The molecule has 0 radical (unpaired) electrons. The summed E-state index contributed by atoms with van der Waals surface area (Å²) >= 11 is 0. The van der Waals surface area contributed by atoms with Gasteiger partial charge in [0.15, 0.2) is 0 Å². The molecule has 4 aromatic rings. The molecule has 1 amide bonds. The Morgan fingerprint density at radius 3 is 2.60 bits per heavy atom. The Hall–Kier alpha value is -3.62. The summed E-state index contributed by atoms with van der Waals surface area (Å²) in [6.07, 6.45) is -3.17. The van der Waals surface area contributed by atoms with Crippen LogP contribution in [-0.4, -0.2) is 23.0 Å². The highest BCUT2D eigenvalue weighted by molar-refractivity contribution is 6.19. The van der Waals surface area contributed by atoms with Gasteiger partial charge in [0.05, 0.1) is 35.8 Å². The maximum absolute atomic E-state index is 13.2. The Balaban J connectivity index is 1.59. The summed E-state index contributed by atoms with van der Waals surface area (Å²) in [5.41, 5.74) is 2.51. The predicted octanol–water partition coefficient (Wildman–Crippen LogP) is 5.07. The molecule has 9 heteroatoms. The molecular weight excluding hydrogens is 399 g/mol. The first-order valence-electron chi connectivity index (χ1n) is 9.07. The fourth-order valence-electron chi connectivity index (χ4n) is 3.75. The number of anilines is 1. The van der Waals surface area contributed by atoms with Gasteiger partial charge in [0, 0.05) is 23.1 Å². The van der Waals surface area contributed by atoms with E-state index in [-0.39, 0.29) is 22.7 Å². The lowest BCUT2D eigenvalue weighted by Crippen LogP contribution is -2.14. The van der Waals surface area contributed by atoms with Crippen molar-refractivity contribution in [2.45, 2.75) is 19.0 Å². The van der Waals surface area contributed by atoms with Gasteiger partial charge in [-0.2, -0.15) is 13.2 Å². The summed E-state index contributed by atoms with van der Waals surface area (Å²) in [6.45, 7) is 1.96. The number of methoxy groups -OCH3 is 1. The van der Waals surface area contributed by atoms with E-state index in [0.29, 0.717) is 22.7 Å². The van der Waals surface area contributed by atoms with Crippen molar-refractivity contribution in [2.24, 2.45) is 0 Å². The number of nitrogens with zero attached hydrogens (tertiary/aromatic N) is 2. The van der Waals surface area contributed by atoms with Crippen molar-refractivity contribution in [1.29, 1.82) is 0 Å². The van der Waals surface area contributed by atoms with E-state index in [2.05, 4.69) is 15.3 Å². The largest absolute Gasteiger partial charge is 0.481 e. The Morgan fingerprint density at radius 2 is 1.93 bits per heavy atom. The highest BCUT2D eigenvalue weighted by atomic mass is 19.4. The summed E-state index contributed by atoms with van der Waals surface area (Å²) in [7, 11) is 1.47. The Morgan fingerprint density at radius 1 is 1.17 bits per heavy atom. The van der Waals surface area contributed by atoms with Crippen LogP contribution in [0.2, 0.25) is 0 Å². The molecule has 0 saturated heterocycles. The van der Waals surface area contributed by atoms with Gasteiger partial charge in [-0.25, -0.2) is 9.97 Å². The van der Waals surface area contributed by atoms with Gasteiger partial charge in [0.25, 0.3) is 5.91 Å². The van der Waals surface area contributed by atoms with Crippen molar-refractivity contribution in [3.05, 3.63) is 58.9 Å². The number of pyridine rings is 2. The molecule has 1 aliphatic rings. The summed E-state index contributed by atoms with van der Waals surface area (Å²) in [5, 5.41) is 2.72. The van der Waals surface area contributed by atoms with Crippen molar-refractivity contribution in [3.63, 3.8) is 0 Å². The second-order valence-corrected chi connectivity index (χ2v) is 7.01. The molecule has 2 bridgehead atoms. The van der Waals surface area contributed by atoms with Gasteiger partial charge in [-0.05, 0) is 18.2 Å². The lowest BCUT2D eigenvalue weighted by atomic mass is 10.0. The van der Waals surface area contributed by atoms with E-state index in [1.54, 1.807) is 12.1 Å². The van der Waals surface area contributed by atoms with E-state index in [9.17, 15) is 18.0 Å². The van der Waals surface area contributed by atoms with E-state index in [1.165, 1.54) is 25.4 Å². The molecule has 0 aliphatic heterocycles. The van der Waals surface area contributed by atoms with Gasteiger partial charge in [-0.1, -0.05) is 13.0 Å². The predicted molar refractivity (Wildman–Crippen MR) is 102 cm³/mol. The second kappa shape index (κ2) is 6.19. The average Bonchev–Trinajstić information content (AvgIpc) is 3.09. The number of rotatable bonds is 4. The van der Waals surface area contributed by atoms with E-state index in [1.807, 2.05) is 6.92 Å². The van der Waals surface area contributed by atoms with Crippen LogP contribution in [0.15, 0.2) is 40.9 Å². The number of amides is 1. The summed E-state index contributed by atoms with van der Waals surface area (Å²) in [5.74, 6) is -0.0137. The molecule has 5 rings (SSSR count). The minimum Gasteiger partial charge on any atom is -0.481 e. The highest BCUT2D eigenvalue weighted by Crippen LogP contribution is 2.57. The number of hydrogen-bond acceptors (Lipinski definition) is 5. The van der Waals surface area contributed by atoms with Gasteiger partial charge in [-0.15, -0.1) is 0 Å². The Labute approximate surface area is 168 Å².